The Morgan fingerprint density at radius 1 is 0.323 bits per heavy atom. The largest absolute Gasteiger partial charge is 2.00 e. The minimum atomic E-state index is -1.32. The second kappa shape index (κ2) is 17.2. The van der Waals surface area contributed by atoms with E-state index in [1.165, 1.54) is 48.5 Å². The molecule has 12 nitrogen and oxygen atoms in total. The van der Waals surface area contributed by atoms with Crippen molar-refractivity contribution in [1.82, 2.24) is 19.9 Å². The summed E-state index contributed by atoms with van der Waals surface area (Å²) in [6.45, 7) is 0. The summed E-state index contributed by atoms with van der Waals surface area (Å²) in [6, 6.07) is 32.4. The normalized spacial score (nSPS) is 11.4. The maximum atomic E-state index is 11.7. The van der Waals surface area contributed by atoms with Gasteiger partial charge in [-0.15, -0.1) is 0 Å². The molecule has 0 amide bonds. The van der Waals surface area contributed by atoms with Crippen LogP contribution in [0, 0.1) is 0 Å². The van der Waals surface area contributed by atoms with Crippen LogP contribution in [0.15, 0.2) is 121 Å². The van der Waals surface area contributed by atoms with Crippen LogP contribution in [0.25, 0.3) is 90.9 Å². The number of hydrogen-bond donors (Lipinski definition) is 2. The van der Waals surface area contributed by atoms with Crippen LogP contribution in [0.4, 0.5) is 0 Å². The molecule has 14 heteroatoms. The van der Waals surface area contributed by atoms with Gasteiger partial charge >= 0.3 is 34.1 Å². The Bertz CT molecular complexity index is 2770. The van der Waals surface area contributed by atoms with Crippen molar-refractivity contribution in [1.29, 1.82) is 0 Å². The fourth-order valence-electron chi connectivity index (χ4n) is 7.51. The van der Waals surface area contributed by atoms with Gasteiger partial charge < -0.3 is 49.6 Å². The molecule has 3 aromatic heterocycles. The number of carboxylic acids is 4. The first-order chi connectivity index (χ1) is 29.0. The van der Waals surface area contributed by atoms with E-state index in [0.29, 0.717) is 89.4 Å². The number of aromatic amines is 2. The molecule has 0 fully saturated rings. The van der Waals surface area contributed by atoms with Gasteiger partial charge in [0, 0.05) is 44.3 Å². The number of nitrogens with zero attached hydrogens (tertiary/aromatic N) is 2. The SMILES string of the molecule is O=C([O-])c1ccc(-c2c3nc(c(-c4ccc(C(=O)[O-])cc4)c4ccc([nH]4)c(-c4ccc(C(=O)[O-])cc4)c4nc(c(-c5ccc(C(=O)[O-])cc5)c5ccc2[nH]5)C=C4)C=C3)cc1.[Cu+2].[Cu+2]. The van der Waals surface area contributed by atoms with Crippen LogP contribution in [0.2, 0.25) is 0 Å². The average molecular weight is 914 g/mol. The van der Waals surface area contributed by atoms with Gasteiger partial charge in [0.15, 0.2) is 0 Å². The molecule has 2 aliphatic rings. The van der Waals surface area contributed by atoms with Gasteiger partial charge in [-0.3, -0.25) is 0 Å². The summed E-state index contributed by atoms with van der Waals surface area (Å²) in [5.74, 6) is -5.30. The third-order valence-electron chi connectivity index (χ3n) is 10.4. The second-order valence-electron chi connectivity index (χ2n) is 14.0. The molecule has 7 aromatic rings. The van der Waals surface area contributed by atoms with E-state index in [1.807, 2.05) is 48.6 Å². The number of aromatic carboxylic acids is 4. The number of fused-ring (bicyclic) bond motifs is 8. The average Bonchev–Trinajstić information content (AvgIpc) is 4.10. The summed E-state index contributed by atoms with van der Waals surface area (Å²) >= 11 is 0. The van der Waals surface area contributed by atoms with Crippen molar-refractivity contribution < 1.29 is 73.7 Å². The first kappa shape index (κ1) is 42.5. The van der Waals surface area contributed by atoms with Crippen molar-refractivity contribution in [2.24, 2.45) is 0 Å². The molecule has 4 aromatic carbocycles. The second-order valence-corrected chi connectivity index (χ2v) is 14.0. The van der Waals surface area contributed by atoms with E-state index in [4.69, 9.17) is 9.97 Å². The number of aromatic nitrogens is 4. The molecule has 0 unspecified atom stereocenters. The molecule has 62 heavy (non-hydrogen) atoms. The van der Waals surface area contributed by atoms with Gasteiger partial charge in [0.2, 0.25) is 0 Å². The molecule has 5 heterocycles. The molecule has 0 saturated heterocycles. The Kier molecular flexibility index (Phi) is 11.8. The smallest absolute Gasteiger partial charge is 0.545 e. The van der Waals surface area contributed by atoms with E-state index >= 15 is 0 Å². The minimum Gasteiger partial charge on any atom is -0.545 e. The van der Waals surface area contributed by atoms with Crippen LogP contribution in [0.3, 0.4) is 0 Å². The molecular weight excluding hydrogens is 888 g/mol. The number of carboxylic acid groups (broad SMARTS) is 4. The Morgan fingerprint density at radius 2 is 0.516 bits per heavy atom. The molecular formula is C48H26Cu2N4O8. The number of H-pyrrole nitrogens is 2. The third kappa shape index (κ3) is 7.90. The van der Waals surface area contributed by atoms with Crippen molar-refractivity contribution in [3.63, 3.8) is 0 Å². The summed E-state index contributed by atoms with van der Waals surface area (Å²) in [5, 5.41) is 46.8. The van der Waals surface area contributed by atoms with E-state index in [1.54, 1.807) is 48.5 Å². The predicted octanol–water partition coefficient (Wildman–Crippen LogP) is 4.77. The summed E-state index contributed by atoms with van der Waals surface area (Å²) in [6.07, 6.45) is 7.33. The van der Waals surface area contributed by atoms with E-state index < -0.39 is 23.9 Å². The van der Waals surface area contributed by atoms with Crippen molar-refractivity contribution in [3.05, 3.63) is 166 Å². The Labute approximate surface area is 373 Å². The van der Waals surface area contributed by atoms with Gasteiger partial charge in [-0.25, -0.2) is 9.97 Å². The molecule has 2 N–H and O–H groups in total. The molecule has 2 radical (unpaired) electrons. The van der Waals surface area contributed by atoms with E-state index in [9.17, 15) is 39.6 Å². The van der Waals surface area contributed by atoms with Crippen LogP contribution >= 0.6 is 0 Å². The number of benzene rings is 4. The van der Waals surface area contributed by atoms with Crippen LogP contribution in [0.1, 0.15) is 64.2 Å². The van der Waals surface area contributed by atoms with Crippen LogP contribution in [-0.2, 0) is 34.1 Å². The van der Waals surface area contributed by atoms with Gasteiger partial charge in [-0.05, 0) is 93.1 Å². The zero-order valence-electron chi connectivity index (χ0n) is 31.6. The molecule has 8 bridgehead atoms. The molecule has 0 spiro atoms. The standard InChI is InChI=1S/C48H30N4O8.2Cu/c53-45(54)29-9-1-25(2-10-29)41-33-17-19-35(49-33)42(26-3-11-30(12-4-26)46(55)56)37-21-23-39(51-37)44(28-7-15-32(16-8-28)48(59)60)40-24-22-38(52-40)43(36-20-18-34(41)50-36)27-5-13-31(14-6-27)47(57)58;;/h1-24,49,52H,(H,53,54)(H,55,56)(H,57,58)(H,59,60);;/q;2*+2/p-4. The van der Waals surface area contributed by atoms with E-state index in [0.717, 1.165) is 0 Å². The van der Waals surface area contributed by atoms with Crippen LogP contribution in [0.5, 0.6) is 0 Å². The number of hydrogen-bond acceptors (Lipinski definition) is 10. The zero-order valence-corrected chi connectivity index (χ0v) is 33.5. The van der Waals surface area contributed by atoms with Gasteiger partial charge in [0.1, 0.15) is 0 Å². The first-order valence-corrected chi connectivity index (χ1v) is 18.5. The van der Waals surface area contributed by atoms with Crippen molar-refractivity contribution in [2.75, 3.05) is 0 Å². The maximum absolute atomic E-state index is 11.7. The molecule has 0 atom stereocenters. The maximum Gasteiger partial charge on any atom is 2.00 e. The molecule has 0 aliphatic carbocycles. The topological polar surface area (TPSA) is 218 Å². The number of carbonyl (C=O) groups excluding carboxylic acids is 4. The minimum absolute atomic E-state index is 0. The predicted molar refractivity (Wildman–Crippen MR) is 218 cm³/mol. The fraction of sp³-hybridized carbons (Fsp3) is 0. The Morgan fingerprint density at radius 3 is 0.694 bits per heavy atom. The Balaban J connectivity index is 0.00000289. The number of carbonyl (C=O) groups is 4. The summed E-state index contributed by atoms with van der Waals surface area (Å²) in [7, 11) is 0. The van der Waals surface area contributed by atoms with Gasteiger partial charge in [-0.2, -0.15) is 0 Å². The summed E-state index contributed by atoms with van der Waals surface area (Å²) in [4.78, 5) is 64.2. The number of rotatable bonds is 8. The van der Waals surface area contributed by atoms with Crippen LogP contribution < -0.4 is 20.4 Å². The zero-order chi connectivity index (χ0) is 41.7. The summed E-state index contributed by atoms with van der Waals surface area (Å²) in [5.41, 5.74) is 9.58. The van der Waals surface area contributed by atoms with Crippen molar-refractivity contribution in [3.8, 4) is 44.5 Å². The van der Waals surface area contributed by atoms with E-state index in [-0.39, 0.29) is 56.4 Å². The number of nitrogens with one attached hydrogen (secondary N) is 2. The van der Waals surface area contributed by atoms with Gasteiger partial charge in [0.05, 0.1) is 46.7 Å². The summed E-state index contributed by atoms with van der Waals surface area (Å²) < 4.78 is 0. The molecule has 308 valence electrons. The van der Waals surface area contributed by atoms with Gasteiger partial charge in [0.25, 0.3) is 0 Å². The van der Waals surface area contributed by atoms with Crippen molar-refractivity contribution >= 4 is 70.2 Å². The fourth-order valence-corrected chi connectivity index (χ4v) is 7.51. The molecule has 0 saturated carbocycles. The molecule has 2 aliphatic heterocycles. The monoisotopic (exact) mass is 912 g/mol. The quantitative estimate of drug-likeness (QED) is 0.199. The van der Waals surface area contributed by atoms with Gasteiger partial charge in [-0.1, -0.05) is 97.1 Å². The van der Waals surface area contributed by atoms with Crippen LogP contribution in [-0.4, -0.2) is 43.8 Å². The molecule has 9 rings (SSSR count). The third-order valence-corrected chi connectivity index (χ3v) is 10.4. The first-order valence-electron chi connectivity index (χ1n) is 18.5. The Hall–Kier alpha value is -7.60. The van der Waals surface area contributed by atoms with Crippen molar-refractivity contribution in [2.45, 2.75) is 0 Å². The van der Waals surface area contributed by atoms with E-state index in [2.05, 4.69) is 9.97 Å².